The minimum Gasteiger partial charge on any atom is -0.477 e. The number of hydrogen-bond acceptors (Lipinski definition) is 6. The van der Waals surface area contributed by atoms with E-state index in [1.54, 1.807) is 28.7 Å². The second-order valence-corrected chi connectivity index (χ2v) is 14.0. The van der Waals surface area contributed by atoms with Crippen LogP contribution in [0.2, 0.25) is 0 Å². The summed E-state index contributed by atoms with van der Waals surface area (Å²) in [5, 5.41) is 11.4. The van der Waals surface area contributed by atoms with E-state index in [0.29, 0.717) is 4.88 Å². The lowest BCUT2D eigenvalue weighted by Crippen LogP contribution is -1.89. The maximum atomic E-state index is 11.3. The fraction of sp³-hybridized carbons (Fsp3) is 0.276. The second-order valence-electron chi connectivity index (χ2n) is 8.76. The Morgan fingerprint density at radius 1 is 0.694 bits per heavy atom. The summed E-state index contributed by atoms with van der Waals surface area (Å²) in [6.45, 7) is 2.27. The molecule has 0 saturated carbocycles. The Bertz CT molecular complexity index is 1410. The largest absolute Gasteiger partial charge is 0.477 e. The minimum atomic E-state index is -0.858. The van der Waals surface area contributed by atoms with Crippen molar-refractivity contribution in [3.63, 3.8) is 0 Å². The molecule has 0 unspecified atom stereocenters. The molecule has 0 atom stereocenters. The maximum absolute atomic E-state index is 11.3. The fourth-order valence-electron chi connectivity index (χ4n) is 4.24. The third kappa shape index (κ3) is 5.92. The van der Waals surface area contributed by atoms with E-state index < -0.39 is 5.97 Å². The maximum Gasteiger partial charge on any atom is 0.345 e. The summed E-state index contributed by atoms with van der Waals surface area (Å²) in [4.78, 5) is 21.8. The lowest BCUT2D eigenvalue weighted by molar-refractivity contribution is 0.0702. The summed E-state index contributed by atoms with van der Waals surface area (Å²) in [5.74, 6) is -0.858. The highest BCUT2D eigenvalue weighted by Gasteiger charge is 2.17. The summed E-state index contributed by atoms with van der Waals surface area (Å²) in [6, 6.07) is 19.2. The molecule has 1 N–H and O–H groups in total. The molecule has 0 amide bonds. The molecule has 0 aliphatic rings. The molecule has 5 aromatic heterocycles. The van der Waals surface area contributed by atoms with Gasteiger partial charge in [0.05, 0.1) is 0 Å². The summed E-state index contributed by atoms with van der Waals surface area (Å²) in [6.07, 6.45) is 8.95. The Kier molecular flexibility index (Phi) is 8.54. The van der Waals surface area contributed by atoms with Crippen molar-refractivity contribution in [1.82, 2.24) is 0 Å². The fourth-order valence-corrected chi connectivity index (χ4v) is 9.46. The standard InChI is InChI=1S/C29H28O2S5/c1-2-3-4-5-6-7-9-19-18-27(24-12-11-22(33-24)23-14-16-26(35-23)29(30)31)36-28(19)25-15-13-21(34-25)20-10-8-17-32-20/h8,10-18H,2-7,9H2,1H3,(H,30,31). The van der Waals surface area contributed by atoms with E-state index in [1.165, 1.54) is 84.7 Å². The molecule has 0 spiro atoms. The summed E-state index contributed by atoms with van der Waals surface area (Å²) >= 11 is 8.69. The average molecular weight is 569 g/mol. The van der Waals surface area contributed by atoms with Crippen LogP contribution in [0.1, 0.15) is 60.7 Å². The zero-order valence-electron chi connectivity index (χ0n) is 20.1. The van der Waals surface area contributed by atoms with Crippen LogP contribution in [0.25, 0.3) is 39.0 Å². The van der Waals surface area contributed by atoms with Crippen molar-refractivity contribution in [3.05, 3.63) is 70.4 Å². The van der Waals surface area contributed by atoms with E-state index in [0.717, 1.165) is 16.2 Å². The molecule has 0 bridgehead atoms. The lowest BCUT2D eigenvalue weighted by Gasteiger charge is -2.03. The van der Waals surface area contributed by atoms with Gasteiger partial charge in [0, 0.05) is 39.0 Å². The van der Waals surface area contributed by atoms with Gasteiger partial charge in [0.25, 0.3) is 0 Å². The van der Waals surface area contributed by atoms with Gasteiger partial charge in [-0.3, -0.25) is 0 Å². The van der Waals surface area contributed by atoms with Crippen molar-refractivity contribution in [2.45, 2.75) is 51.9 Å². The number of unbranched alkanes of at least 4 members (excludes halogenated alkanes) is 5. The van der Waals surface area contributed by atoms with Gasteiger partial charge in [0.15, 0.2) is 0 Å². The molecule has 5 heterocycles. The number of thiophene rings is 5. The summed E-state index contributed by atoms with van der Waals surface area (Å²) in [7, 11) is 0. The number of aryl methyl sites for hydroxylation is 1. The van der Waals surface area contributed by atoms with Crippen molar-refractivity contribution < 1.29 is 9.90 Å². The van der Waals surface area contributed by atoms with E-state index in [4.69, 9.17) is 0 Å². The van der Waals surface area contributed by atoms with Crippen LogP contribution in [0, 0.1) is 0 Å². The number of aromatic carboxylic acids is 1. The first-order chi connectivity index (χ1) is 17.6. The van der Waals surface area contributed by atoms with E-state index in [-0.39, 0.29) is 0 Å². The molecule has 2 nitrogen and oxygen atoms in total. The first kappa shape index (κ1) is 25.6. The third-order valence-electron chi connectivity index (χ3n) is 6.11. The molecule has 36 heavy (non-hydrogen) atoms. The van der Waals surface area contributed by atoms with Crippen LogP contribution in [0.3, 0.4) is 0 Å². The van der Waals surface area contributed by atoms with E-state index >= 15 is 0 Å². The van der Waals surface area contributed by atoms with Gasteiger partial charge in [0.2, 0.25) is 0 Å². The Hall–Kier alpha value is -2.03. The Morgan fingerprint density at radius 3 is 2.06 bits per heavy atom. The van der Waals surface area contributed by atoms with E-state index in [9.17, 15) is 9.90 Å². The predicted octanol–water partition coefficient (Wildman–Crippen LogP) is 11.3. The second kappa shape index (κ2) is 12.0. The number of rotatable bonds is 12. The number of carboxylic acids is 1. The molecule has 0 aromatic carbocycles. The monoisotopic (exact) mass is 568 g/mol. The van der Waals surface area contributed by atoms with Crippen molar-refractivity contribution in [2.75, 3.05) is 0 Å². The molecular weight excluding hydrogens is 541 g/mol. The van der Waals surface area contributed by atoms with Gasteiger partial charge in [0.1, 0.15) is 4.88 Å². The van der Waals surface area contributed by atoms with Crippen LogP contribution in [0.5, 0.6) is 0 Å². The summed E-state index contributed by atoms with van der Waals surface area (Å²) < 4.78 is 0. The van der Waals surface area contributed by atoms with Crippen LogP contribution in [0.15, 0.2) is 60.0 Å². The topological polar surface area (TPSA) is 37.3 Å². The van der Waals surface area contributed by atoms with Crippen molar-refractivity contribution >= 4 is 62.7 Å². The predicted molar refractivity (Wildman–Crippen MR) is 162 cm³/mol. The SMILES string of the molecule is CCCCCCCCc1cc(-c2ccc(-c3ccc(C(=O)O)s3)s2)sc1-c1ccc(-c2cccs2)s1. The third-order valence-corrected chi connectivity index (χ3v) is 12.2. The van der Waals surface area contributed by atoms with Gasteiger partial charge >= 0.3 is 5.97 Å². The highest BCUT2D eigenvalue weighted by atomic mass is 32.1. The molecule has 0 radical (unpaired) electrons. The van der Waals surface area contributed by atoms with Crippen LogP contribution in [-0.2, 0) is 6.42 Å². The molecule has 186 valence electrons. The lowest BCUT2D eigenvalue weighted by atomic mass is 10.0. The highest BCUT2D eigenvalue weighted by molar-refractivity contribution is 7.29. The molecule has 0 fully saturated rings. The van der Waals surface area contributed by atoms with Crippen LogP contribution >= 0.6 is 56.7 Å². The molecule has 7 heteroatoms. The van der Waals surface area contributed by atoms with Gasteiger partial charge in [-0.15, -0.1) is 56.7 Å². The molecule has 0 saturated heterocycles. The molecule has 5 aromatic rings. The van der Waals surface area contributed by atoms with Crippen LogP contribution < -0.4 is 0 Å². The van der Waals surface area contributed by atoms with Crippen LogP contribution in [0.4, 0.5) is 0 Å². The summed E-state index contributed by atoms with van der Waals surface area (Å²) in [5.41, 5.74) is 1.46. The zero-order chi connectivity index (χ0) is 24.9. The number of carbonyl (C=O) groups is 1. The Labute approximate surface area is 232 Å². The average Bonchev–Trinajstić information content (AvgIpc) is 3.69. The first-order valence-corrected chi connectivity index (χ1v) is 16.5. The Morgan fingerprint density at radius 2 is 1.33 bits per heavy atom. The Balaban J connectivity index is 1.40. The normalized spacial score (nSPS) is 11.4. The molecule has 0 aliphatic heterocycles. The van der Waals surface area contributed by atoms with Crippen molar-refractivity contribution in [1.29, 1.82) is 0 Å². The quantitative estimate of drug-likeness (QED) is 0.152. The molecule has 5 rings (SSSR count). The first-order valence-electron chi connectivity index (χ1n) is 12.3. The zero-order valence-corrected chi connectivity index (χ0v) is 24.2. The van der Waals surface area contributed by atoms with E-state index in [1.807, 2.05) is 28.7 Å². The number of hydrogen-bond donors (Lipinski definition) is 1. The molecular formula is C29H28O2S5. The van der Waals surface area contributed by atoms with Gasteiger partial charge in [-0.25, -0.2) is 4.79 Å². The highest BCUT2D eigenvalue weighted by Crippen LogP contribution is 2.46. The van der Waals surface area contributed by atoms with E-state index in [2.05, 4.69) is 54.8 Å². The van der Waals surface area contributed by atoms with Gasteiger partial charge < -0.3 is 5.11 Å². The smallest absolute Gasteiger partial charge is 0.345 e. The van der Waals surface area contributed by atoms with Gasteiger partial charge in [-0.05, 0) is 72.3 Å². The minimum absolute atomic E-state index is 0.388. The molecule has 0 aliphatic carbocycles. The van der Waals surface area contributed by atoms with Gasteiger partial charge in [-0.1, -0.05) is 45.1 Å². The van der Waals surface area contributed by atoms with Crippen molar-refractivity contribution in [2.24, 2.45) is 0 Å². The van der Waals surface area contributed by atoms with Crippen LogP contribution in [-0.4, -0.2) is 11.1 Å². The number of carboxylic acid groups (broad SMARTS) is 1. The van der Waals surface area contributed by atoms with Gasteiger partial charge in [-0.2, -0.15) is 0 Å². The van der Waals surface area contributed by atoms with Crippen molar-refractivity contribution in [3.8, 4) is 39.0 Å².